The van der Waals surface area contributed by atoms with E-state index in [9.17, 15) is 4.79 Å². The maximum atomic E-state index is 11.6. The van der Waals surface area contributed by atoms with Gasteiger partial charge in [0.2, 0.25) is 0 Å². The van der Waals surface area contributed by atoms with Crippen LogP contribution in [0.2, 0.25) is 0 Å². The minimum absolute atomic E-state index is 0.352. The van der Waals surface area contributed by atoms with Gasteiger partial charge in [-0.2, -0.15) is 0 Å². The van der Waals surface area contributed by atoms with E-state index in [-0.39, 0.29) is 5.97 Å². The Morgan fingerprint density at radius 3 is 2.67 bits per heavy atom. The first-order valence-electron chi connectivity index (χ1n) is 7.75. The molecule has 1 fully saturated rings. The Hall–Kier alpha value is -1.10. The smallest absolute Gasteiger partial charge is 0.357 e. The molecule has 1 aromatic rings. The topological polar surface area (TPSA) is 51.2 Å². The predicted octanol–water partition coefficient (Wildman–Crippen LogP) is 4.26. The van der Waals surface area contributed by atoms with Crippen molar-refractivity contribution in [3.63, 3.8) is 0 Å². The molecule has 118 valence electrons. The normalized spacial score (nSPS) is 17.2. The van der Waals surface area contributed by atoms with E-state index in [1.54, 1.807) is 0 Å². The number of nitrogens with zero attached hydrogens (tertiary/aromatic N) is 1. The molecule has 0 amide bonds. The average Bonchev–Trinajstić information content (AvgIpc) is 3.02. The molecule has 2 rings (SSSR count). The fourth-order valence-electron chi connectivity index (χ4n) is 3.47. The van der Waals surface area contributed by atoms with Gasteiger partial charge in [0, 0.05) is 11.4 Å². The van der Waals surface area contributed by atoms with Crippen molar-refractivity contribution in [1.82, 2.24) is 4.98 Å². The predicted molar refractivity (Wildman–Crippen MR) is 87.0 cm³/mol. The van der Waals surface area contributed by atoms with Gasteiger partial charge in [-0.25, -0.2) is 9.78 Å². The van der Waals surface area contributed by atoms with Crippen LogP contribution in [0, 0.1) is 18.3 Å². The molecule has 1 aromatic heterocycles. The summed E-state index contributed by atoms with van der Waals surface area (Å²) in [5, 5.41) is 4.31. The molecular formula is C16H26N2O2S. The minimum atomic E-state index is -0.352. The third kappa shape index (κ3) is 3.96. The van der Waals surface area contributed by atoms with E-state index in [0.29, 0.717) is 17.0 Å². The Kier molecular flexibility index (Phi) is 5.25. The molecule has 1 saturated carbocycles. The first kappa shape index (κ1) is 16.3. The molecule has 4 nitrogen and oxygen atoms in total. The molecule has 0 radical (unpaired) electrons. The summed E-state index contributed by atoms with van der Waals surface area (Å²) in [6.07, 6.45) is 6.52. The Balaban J connectivity index is 2.03. The molecule has 1 aliphatic rings. The molecule has 0 unspecified atom stereocenters. The summed E-state index contributed by atoms with van der Waals surface area (Å²) in [4.78, 5) is 16.9. The number of rotatable bonds is 6. The molecule has 5 heteroatoms. The molecule has 1 aliphatic carbocycles. The van der Waals surface area contributed by atoms with Gasteiger partial charge in [-0.1, -0.05) is 26.7 Å². The van der Waals surface area contributed by atoms with Crippen molar-refractivity contribution in [1.29, 1.82) is 0 Å². The van der Waals surface area contributed by atoms with Gasteiger partial charge in [0.25, 0.3) is 0 Å². The zero-order chi connectivity index (χ0) is 15.5. The lowest BCUT2D eigenvalue weighted by Crippen LogP contribution is -2.28. The standard InChI is InChI=1S/C16H26N2O2S/c1-11(2)9-16(7-5-6-8-16)10-17-15-18-13(12(3)21-15)14(19)20-4/h11H,5-10H2,1-4H3,(H,17,18). The average molecular weight is 310 g/mol. The van der Waals surface area contributed by atoms with Crippen LogP contribution < -0.4 is 5.32 Å². The summed E-state index contributed by atoms with van der Waals surface area (Å²) >= 11 is 1.54. The molecular weight excluding hydrogens is 284 g/mol. The van der Waals surface area contributed by atoms with E-state index in [0.717, 1.165) is 16.6 Å². The number of aromatic nitrogens is 1. The van der Waals surface area contributed by atoms with Crippen molar-refractivity contribution >= 4 is 22.4 Å². The largest absolute Gasteiger partial charge is 0.464 e. The Bertz CT molecular complexity index is 490. The van der Waals surface area contributed by atoms with Crippen molar-refractivity contribution < 1.29 is 9.53 Å². The molecule has 0 aromatic carbocycles. The van der Waals surface area contributed by atoms with Crippen LogP contribution in [0.1, 0.15) is 61.3 Å². The van der Waals surface area contributed by atoms with E-state index < -0.39 is 0 Å². The number of carbonyl (C=O) groups is 1. The highest BCUT2D eigenvalue weighted by Gasteiger charge is 2.34. The zero-order valence-electron chi connectivity index (χ0n) is 13.5. The van der Waals surface area contributed by atoms with E-state index in [4.69, 9.17) is 4.74 Å². The molecule has 0 spiro atoms. The van der Waals surface area contributed by atoms with Crippen LogP contribution in [0.4, 0.5) is 5.13 Å². The van der Waals surface area contributed by atoms with Gasteiger partial charge in [0.15, 0.2) is 10.8 Å². The monoisotopic (exact) mass is 310 g/mol. The number of aryl methyl sites for hydroxylation is 1. The van der Waals surface area contributed by atoms with E-state index in [2.05, 4.69) is 24.1 Å². The molecule has 0 atom stereocenters. The number of hydrogen-bond acceptors (Lipinski definition) is 5. The lowest BCUT2D eigenvalue weighted by atomic mass is 9.78. The number of hydrogen-bond donors (Lipinski definition) is 1. The lowest BCUT2D eigenvalue weighted by Gasteiger charge is -2.31. The fraction of sp³-hybridized carbons (Fsp3) is 0.750. The maximum absolute atomic E-state index is 11.6. The zero-order valence-corrected chi connectivity index (χ0v) is 14.3. The fourth-order valence-corrected chi connectivity index (χ4v) is 4.26. The summed E-state index contributed by atoms with van der Waals surface area (Å²) in [5.74, 6) is 0.364. The number of anilines is 1. The molecule has 0 saturated heterocycles. The van der Waals surface area contributed by atoms with Crippen molar-refractivity contribution in [3.8, 4) is 0 Å². The van der Waals surface area contributed by atoms with Crippen LogP contribution in [0.25, 0.3) is 0 Å². The van der Waals surface area contributed by atoms with Crippen LogP contribution in [-0.4, -0.2) is 24.6 Å². The first-order valence-corrected chi connectivity index (χ1v) is 8.57. The van der Waals surface area contributed by atoms with Gasteiger partial charge < -0.3 is 10.1 Å². The lowest BCUT2D eigenvalue weighted by molar-refractivity contribution is 0.0594. The molecule has 1 N–H and O–H groups in total. The summed E-state index contributed by atoms with van der Waals surface area (Å²) in [6, 6.07) is 0. The Labute approximate surface area is 131 Å². The summed E-state index contributed by atoms with van der Waals surface area (Å²) in [7, 11) is 1.39. The van der Waals surface area contributed by atoms with Gasteiger partial charge >= 0.3 is 5.97 Å². The van der Waals surface area contributed by atoms with Crippen molar-refractivity contribution in [2.45, 2.75) is 52.9 Å². The van der Waals surface area contributed by atoms with Gasteiger partial charge in [-0.05, 0) is 37.5 Å². The van der Waals surface area contributed by atoms with Gasteiger partial charge in [0.1, 0.15) is 0 Å². The molecule has 0 bridgehead atoms. The number of methoxy groups -OCH3 is 1. The van der Waals surface area contributed by atoms with Crippen molar-refractivity contribution in [2.75, 3.05) is 19.0 Å². The second-order valence-corrected chi connectivity index (χ2v) is 7.78. The summed E-state index contributed by atoms with van der Waals surface area (Å²) < 4.78 is 4.76. The second-order valence-electron chi connectivity index (χ2n) is 6.57. The van der Waals surface area contributed by atoms with Crippen LogP contribution in [0.15, 0.2) is 0 Å². The van der Waals surface area contributed by atoms with Gasteiger partial charge in [-0.3, -0.25) is 0 Å². The highest BCUT2D eigenvalue weighted by molar-refractivity contribution is 7.15. The number of thiazole rings is 1. The van der Waals surface area contributed by atoms with E-state index in [1.807, 2.05) is 6.92 Å². The maximum Gasteiger partial charge on any atom is 0.357 e. The quantitative estimate of drug-likeness (QED) is 0.798. The first-order chi connectivity index (χ1) is 9.96. The SMILES string of the molecule is COC(=O)c1nc(NCC2(CC(C)C)CCCC2)sc1C. The highest BCUT2D eigenvalue weighted by atomic mass is 32.1. The van der Waals surface area contributed by atoms with E-state index >= 15 is 0 Å². The van der Waals surface area contributed by atoms with Crippen LogP contribution in [0.5, 0.6) is 0 Å². The van der Waals surface area contributed by atoms with Crippen LogP contribution >= 0.6 is 11.3 Å². The Morgan fingerprint density at radius 2 is 2.10 bits per heavy atom. The van der Waals surface area contributed by atoms with E-state index in [1.165, 1.54) is 50.6 Å². The number of nitrogens with one attached hydrogen (secondary N) is 1. The number of carbonyl (C=O) groups excluding carboxylic acids is 1. The third-order valence-electron chi connectivity index (χ3n) is 4.30. The summed E-state index contributed by atoms with van der Waals surface area (Å²) in [6.45, 7) is 7.46. The van der Waals surface area contributed by atoms with Gasteiger partial charge in [0.05, 0.1) is 7.11 Å². The second kappa shape index (κ2) is 6.77. The number of esters is 1. The van der Waals surface area contributed by atoms with Crippen molar-refractivity contribution in [3.05, 3.63) is 10.6 Å². The molecule has 1 heterocycles. The minimum Gasteiger partial charge on any atom is -0.464 e. The van der Waals surface area contributed by atoms with Crippen LogP contribution in [0.3, 0.4) is 0 Å². The summed E-state index contributed by atoms with van der Waals surface area (Å²) in [5.41, 5.74) is 0.841. The van der Waals surface area contributed by atoms with Crippen LogP contribution in [-0.2, 0) is 4.74 Å². The Morgan fingerprint density at radius 1 is 1.43 bits per heavy atom. The third-order valence-corrected chi connectivity index (χ3v) is 5.22. The highest BCUT2D eigenvalue weighted by Crippen LogP contribution is 2.43. The van der Waals surface area contributed by atoms with Crippen molar-refractivity contribution in [2.24, 2.45) is 11.3 Å². The molecule has 21 heavy (non-hydrogen) atoms. The number of ether oxygens (including phenoxy) is 1. The van der Waals surface area contributed by atoms with Gasteiger partial charge in [-0.15, -0.1) is 11.3 Å². The molecule has 0 aliphatic heterocycles.